The quantitative estimate of drug-likeness (QED) is 0.875. The summed E-state index contributed by atoms with van der Waals surface area (Å²) >= 11 is 0. The van der Waals surface area contributed by atoms with Crippen LogP contribution in [0.25, 0.3) is 0 Å². The number of anilines is 1. The van der Waals surface area contributed by atoms with Gasteiger partial charge in [-0.05, 0) is 64.3 Å². The standard InChI is InChI=1S/C15H23N3O/c1-11-5-7-14(12(2)17-11)18-15(19)8-6-13-4-3-9-16-10-13/h5,7,13,16H,3-4,6,8-10H2,1-2H3,(H,18,19). The molecule has 0 aromatic carbocycles. The first kappa shape index (κ1) is 14.0. The Bertz CT molecular complexity index is 439. The van der Waals surface area contributed by atoms with E-state index < -0.39 is 0 Å². The Balaban J connectivity index is 1.80. The van der Waals surface area contributed by atoms with Gasteiger partial charge in [-0.3, -0.25) is 9.78 Å². The largest absolute Gasteiger partial charge is 0.325 e. The Hall–Kier alpha value is -1.42. The Morgan fingerprint density at radius 2 is 2.32 bits per heavy atom. The van der Waals surface area contributed by atoms with Crippen molar-refractivity contribution in [2.24, 2.45) is 5.92 Å². The molecule has 1 saturated heterocycles. The summed E-state index contributed by atoms with van der Waals surface area (Å²) in [6.45, 7) is 6.05. The fraction of sp³-hybridized carbons (Fsp3) is 0.600. The number of aromatic nitrogens is 1. The molecule has 2 rings (SSSR count). The van der Waals surface area contributed by atoms with Crippen LogP contribution in [0.15, 0.2) is 12.1 Å². The predicted molar refractivity (Wildman–Crippen MR) is 77.2 cm³/mol. The first-order chi connectivity index (χ1) is 9.15. The number of hydrogen-bond acceptors (Lipinski definition) is 3. The van der Waals surface area contributed by atoms with Gasteiger partial charge in [0.2, 0.25) is 5.91 Å². The second kappa shape index (κ2) is 6.66. The van der Waals surface area contributed by atoms with Crippen LogP contribution in [-0.4, -0.2) is 24.0 Å². The van der Waals surface area contributed by atoms with Crippen molar-refractivity contribution in [1.82, 2.24) is 10.3 Å². The van der Waals surface area contributed by atoms with Gasteiger partial charge < -0.3 is 10.6 Å². The zero-order chi connectivity index (χ0) is 13.7. The van der Waals surface area contributed by atoms with E-state index in [4.69, 9.17) is 0 Å². The van der Waals surface area contributed by atoms with Gasteiger partial charge in [-0.25, -0.2) is 0 Å². The summed E-state index contributed by atoms with van der Waals surface area (Å²) in [6.07, 6.45) is 4.04. The number of carbonyl (C=O) groups is 1. The average Bonchev–Trinajstić information content (AvgIpc) is 2.41. The number of amides is 1. The highest BCUT2D eigenvalue weighted by molar-refractivity contribution is 5.91. The first-order valence-corrected chi connectivity index (χ1v) is 7.10. The highest BCUT2D eigenvalue weighted by Gasteiger charge is 2.14. The van der Waals surface area contributed by atoms with Crippen molar-refractivity contribution in [2.75, 3.05) is 18.4 Å². The molecule has 4 heteroatoms. The lowest BCUT2D eigenvalue weighted by atomic mass is 9.94. The van der Waals surface area contributed by atoms with E-state index in [0.717, 1.165) is 36.6 Å². The molecule has 0 saturated carbocycles. The normalized spacial score (nSPS) is 19.2. The van der Waals surface area contributed by atoms with E-state index in [-0.39, 0.29) is 5.91 Å². The summed E-state index contributed by atoms with van der Waals surface area (Å²) in [5.41, 5.74) is 2.69. The van der Waals surface area contributed by atoms with Crippen LogP contribution in [0.2, 0.25) is 0 Å². The maximum Gasteiger partial charge on any atom is 0.224 e. The van der Waals surface area contributed by atoms with Gasteiger partial charge in [0.05, 0.1) is 11.4 Å². The summed E-state index contributed by atoms with van der Waals surface area (Å²) in [5.74, 6) is 0.746. The van der Waals surface area contributed by atoms with Crippen LogP contribution < -0.4 is 10.6 Å². The van der Waals surface area contributed by atoms with Gasteiger partial charge in [-0.15, -0.1) is 0 Å². The smallest absolute Gasteiger partial charge is 0.224 e. The Kier molecular flexibility index (Phi) is 4.91. The van der Waals surface area contributed by atoms with Gasteiger partial charge in [0.15, 0.2) is 0 Å². The second-order valence-corrected chi connectivity index (χ2v) is 5.38. The van der Waals surface area contributed by atoms with Gasteiger partial charge >= 0.3 is 0 Å². The minimum atomic E-state index is 0.0966. The zero-order valence-corrected chi connectivity index (χ0v) is 11.8. The predicted octanol–water partition coefficient (Wildman–Crippen LogP) is 2.42. The molecule has 2 N–H and O–H groups in total. The maximum atomic E-state index is 11.9. The SMILES string of the molecule is Cc1ccc(NC(=O)CCC2CCCNC2)c(C)n1. The number of piperidine rings is 1. The van der Waals surface area contributed by atoms with E-state index >= 15 is 0 Å². The minimum Gasteiger partial charge on any atom is -0.325 e. The summed E-state index contributed by atoms with van der Waals surface area (Å²) < 4.78 is 0. The molecule has 1 atom stereocenters. The fourth-order valence-corrected chi connectivity index (χ4v) is 2.54. The van der Waals surface area contributed by atoms with Crippen molar-refractivity contribution in [3.05, 3.63) is 23.5 Å². The van der Waals surface area contributed by atoms with Crippen molar-refractivity contribution < 1.29 is 4.79 Å². The summed E-state index contributed by atoms with van der Waals surface area (Å²) in [6, 6.07) is 3.85. The van der Waals surface area contributed by atoms with Gasteiger partial charge in [0.1, 0.15) is 0 Å². The van der Waals surface area contributed by atoms with Crippen LogP contribution in [0.3, 0.4) is 0 Å². The molecule has 1 aliphatic rings. The molecule has 1 aromatic rings. The summed E-state index contributed by atoms with van der Waals surface area (Å²) in [5, 5.41) is 6.34. The van der Waals surface area contributed by atoms with Crippen molar-refractivity contribution >= 4 is 11.6 Å². The van der Waals surface area contributed by atoms with E-state index in [0.29, 0.717) is 12.3 Å². The minimum absolute atomic E-state index is 0.0966. The van der Waals surface area contributed by atoms with Crippen LogP contribution >= 0.6 is 0 Å². The van der Waals surface area contributed by atoms with E-state index in [1.54, 1.807) is 0 Å². The number of carbonyl (C=O) groups excluding carboxylic acids is 1. The molecular formula is C15H23N3O. The van der Waals surface area contributed by atoms with Gasteiger partial charge in [0, 0.05) is 12.1 Å². The Morgan fingerprint density at radius 3 is 3.00 bits per heavy atom. The zero-order valence-electron chi connectivity index (χ0n) is 11.8. The number of nitrogens with zero attached hydrogens (tertiary/aromatic N) is 1. The van der Waals surface area contributed by atoms with Crippen LogP contribution in [-0.2, 0) is 4.79 Å². The molecule has 0 aliphatic carbocycles. The number of nitrogens with one attached hydrogen (secondary N) is 2. The van der Waals surface area contributed by atoms with Crippen molar-refractivity contribution in [2.45, 2.75) is 39.5 Å². The highest BCUT2D eigenvalue weighted by Crippen LogP contribution is 2.17. The van der Waals surface area contributed by atoms with E-state index in [2.05, 4.69) is 15.6 Å². The molecule has 2 heterocycles. The third-order valence-corrected chi connectivity index (χ3v) is 3.68. The van der Waals surface area contributed by atoms with Crippen LogP contribution in [0.1, 0.15) is 37.1 Å². The monoisotopic (exact) mass is 261 g/mol. The number of rotatable bonds is 4. The molecule has 0 spiro atoms. The highest BCUT2D eigenvalue weighted by atomic mass is 16.1. The molecule has 1 unspecified atom stereocenters. The van der Waals surface area contributed by atoms with Crippen LogP contribution in [0.4, 0.5) is 5.69 Å². The number of pyridine rings is 1. The third kappa shape index (κ3) is 4.31. The molecule has 1 aromatic heterocycles. The lowest BCUT2D eigenvalue weighted by Crippen LogP contribution is -2.30. The van der Waals surface area contributed by atoms with Crippen molar-refractivity contribution in [1.29, 1.82) is 0 Å². The lowest BCUT2D eigenvalue weighted by Gasteiger charge is -2.22. The molecule has 0 bridgehead atoms. The molecular weight excluding hydrogens is 238 g/mol. The second-order valence-electron chi connectivity index (χ2n) is 5.38. The van der Waals surface area contributed by atoms with E-state index in [1.165, 1.54) is 12.8 Å². The fourth-order valence-electron chi connectivity index (χ4n) is 2.54. The van der Waals surface area contributed by atoms with Gasteiger partial charge in [-0.1, -0.05) is 0 Å². The molecule has 1 aliphatic heterocycles. The topological polar surface area (TPSA) is 54.0 Å². The molecule has 104 valence electrons. The van der Waals surface area contributed by atoms with E-state index in [9.17, 15) is 4.79 Å². The summed E-state index contributed by atoms with van der Waals surface area (Å²) in [7, 11) is 0. The Morgan fingerprint density at radius 1 is 1.47 bits per heavy atom. The molecule has 0 radical (unpaired) electrons. The molecule has 1 fully saturated rings. The molecule has 19 heavy (non-hydrogen) atoms. The average molecular weight is 261 g/mol. The Labute approximate surface area is 115 Å². The lowest BCUT2D eigenvalue weighted by molar-refractivity contribution is -0.116. The van der Waals surface area contributed by atoms with Crippen LogP contribution in [0.5, 0.6) is 0 Å². The summed E-state index contributed by atoms with van der Waals surface area (Å²) in [4.78, 5) is 16.3. The van der Waals surface area contributed by atoms with Crippen molar-refractivity contribution in [3.63, 3.8) is 0 Å². The van der Waals surface area contributed by atoms with Gasteiger partial charge in [-0.2, -0.15) is 0 Å². The maximum absolute atomic E-state index is 11.9. The van der Waals surface area contributed by atoms with E-state index in [1.807, 2.05) is 26.0 Å². The third-order valence-electron chi connectivity index (χ3n) is 3.68. The first-order valence-electron chi connectivity index (χ1n) is 7.10. The van der Waals surface area contributed by atoms with Crippen LogP contribution in [0, 0.1) is 19.8 Å². The molecule has 4 nitrogen and oxygen atoms in total. The number of hydrogen-bond donors (Lipinski definition) is 2. The number of aryl methyl sites for hydroxylation is 2. The van der Waals surface area contributed by atoms with Gasteiger partial charge in [0.25, 0.3) is 0 Å². The van der Waals surface area contributed by atoms with Crippen molar-refractivity contribution in [3.8, 4) is 0 Å². The molecule has 1 amide bonds.